The molecule has 2 fully saturated rings. The van der Waals surface area contributed by atoms with Crippen molar-refractivity contribution in [1.82, 2.24) is 5.32 Å². The van der Waals surface area contributed by atoms with Crippen molar-refractivity contribution >= 4 is 5.91 Å². The molecule has 30 heavy (non-hydrogen) atoms. The number of carbonyl (C=O) groups is 1. The molecule has 4 rings (SSSR count). The quantitative estimate of drug-likeness (QED) is 0.794. The van der Waals surface area contributed by atoms with Crippen molar-refractivity contribution in [1.29, 1.82) is 0 Å². The van der Waals surface area contributed by atoms with Crippen LogP contribution in [0.4, 0.5) is 8.78 Å². The number of hydrogen-bond donors (Lipinski definition) is 1. The van der Waals surface area contributed by atoms with Crippen LogP contribution in [0.1, 0.15) is 31.2 Å². The molecule has 1 atom stereocenters. The number of carbonyl (C=O) groups excluding carboxylic acids is 1. The Balaban J connectivity index is 1.55. The van der Waals surface area contributed by atoms with Crippen LogP contribution in [0.15, 0.2) is 42.5 Å². The van der Waals surface area contributed by atoms with Crippen LogP contribution in [0.2, 0.25) is 0 Å². The van der Waals surface area contributed by atoms with Crippen molar-refractivity contribution in [3.63, 3.8) is 0 Å². The van der Waals surface area contributed by atoms with Crippen LogP contribution in [0, 0.1) is 17.0 Å². The van der Waals surface area contributed by atoms with E-state index in [2.05, 4.69) is 5.32 Å². The van der Waals surface area contributed by atoms with Gasteiger partial charge in [-0.05, 0) is 60.9 Å². The number of benzene rings is 2. The summed E-state index contributed by atoms with van der Waals surface area (Å²) in [6.45, 7) is 2.42. The second-order valence-electron chi connectivity index (χ2n) is 8.29. The Morgan fingerprint density at radius 2 is 1.80 bits per heavy atom. The van der Waals surface area contributed by atoms with Gasteiger partial charge in [0.25, 0.3) is 0 Å². The monoisotopic (exact) mass is 415 g/mol. The number of hydrogen-bond acceptors (Lipinski definition) is 3. The lowest BCUT2D eigenvalue weighted by atomic mass is 9.74. The summed E-state index contributed by atoms with van der Waals surface area (Å²) in [7, 11) is 0. The van der Waals surface area contributed by atoms with Gasteiger partial charge < -0.3 is 14.8 Å². The predicted octanol–water partition coefficient (Wildman–Crippen LogP) is 4.27. The minimum absolute atomic E-state index is 0.0551. The van der Waals surface area contributed by atoms with Gasteiger partial charge in [0.05, 0.1) is 18.1 Å². The zero-order valence-corrected chi connectivity index (χ0v) is 17.0. The SMILES string of the molecule is O=C(N[C@H]1CCCOC1)C1(Cc2cccc(-c3ccc(F)c(F)c3)c2)CCOCC1. The fourth-order valence-electron chi connectivity index (χ4n) is 4.37. The Morgan fingerprint density at radius 3 is 2.53 bits per heavy atom. The largest absolute Gasteiger partial charge is 0.381 e. The maximum absolute atomic E-state index is 13.7. The topological polar surface area (TPSA) is 47.6 Å². The third-order valence-corrected chi connectivity index (χ3v) is 6.15. The van der Waals surface area contributed by atoms with Gasteiger partial charge in [-0.1, -0.05) is 30.3 Å². The molecule has 2 aromatic carbocycles. The molecule has 0 aromatic heterocycles. The van der Waals surface area contributed by atoms with Gasteiger partial charge in [0, 0.05) is 19.8 Å². The Labute approximate surface area is 175 Å². The van der Waals surface area contributed by atoms with Gasteiger partial charge in [0.1, 0.15) is 0 Å². The third kappa shape index (κ3) is 4.71. The average molecular weight is 415 g/mol. The van der Waals surface area contributed by atoms with E-state index in [0.717, 1.165) is 36.6 Å². The molecular formula is C24H27F2NO3. The number of rotatable bonds is 5. The van der Waals surface area contributed by atoms with Crippen LogP contribution in [-0.2, 0) is 20.7 Å². The van der Waals surface area contributed by atoms with Crippen molar-refractivity contribution in [3.8, 4) is 11.1 Å². The van der Waals surface area contributed by atoms with E-state index < -0.39 is 17.0 Å². The van der Waals surface area contributed by atoms with Gasteiger partial charge in [-0.25, -0.2) is 8.78 Å². The summed E-state index contributed by atoms with van der Waals surface area (Å²) in [5.41, 5.74) is 1.87. The fourth-order valence-corrected chi connectivity index (χ4v) is 4.37. The average Bonchev–Trinajstić information content (AvgIpc) is 2.77. The molecule has 2 aliphatic rings. The van der Waals surface area contributed by atoms with Crippen molar-refractivity contribution in [2.45, 2.75) is 38.1 Å². The van der Waals surface area contributed by atoms with Crippen molar-refractivity contribution in [2.24, 2.45) is 5.41 Å². The van der Waals surface area contributed by atoms with Crippen LogP contribution >= 0.6 is 0 Å². The highest BCUT2D eigenvalue weighted by Crippen LogP contribution is 2.36. The molecule has 0 spiro atoms. The third-order valence-electron chi connectivity index (χ3n) is 6.15. The molecule has 0 radical (unpaired) electrons. The van der Waals surface area contributed by atoms with Crippen LogP contribution in [-0.4, -0.2) is 38.4 Å². The number of halogens is 2. The minimum atomic E-state index is -0.868. The lowest BCUT2D eigenvalue weighted by Gasteiger charge is -2.37. The van der Waals surface area contributed by atoms with Gasteiger partial charge >= 0.3 is 0 Å². The van der Waals surface area contributed by atoms with E-state index in [0.29, 0.717) is 44.6 Å². The normalized spacial score (nSPS) is 21.2. The fraction of sp³-hybridized carbons (Fsp3) is 0.458. The molecule has 2 aromatic rings. The highest BCUT2D eigenvalue weighted by atomic mass is 19.2. The zero-order chi connectivity index (χ0) is 21.0. The molecule has 1 amide bonds. The first-order chi connectivity index (χ1) is 14.6. The number of amides is 1. The molecule has 0 unspecified atom stereocenters. The summed E-state index contributed by atoms with van der Waals surface area (Å²) in [6, 6.07) is 11.7. The molecule has 2 aliphatic heterocycles. The maximum Gasteiger partial charge on any atom is 0.227 e. The second-order valence-corrected chi connectivity index (χ2v) is 8.29. The Morgan fingerprint density at radius 1 is 1.00 bits per heavy atom. The molecule has 160 valence electrons. The second kappa shape index (κ2) is 9.23. The van der Waals surface area contributed by atoms with E-state index in [1.54, 1.807) is 6.07 Å². The molecular weight excluding hydrogens is 388 g/mol. The van der Waals surface area contributed by atoms with Crippen LogP contribution < -0.4 is 5.32 Å². The van der Waals surface area contributed by atoms with Crippen LogP contribution in [0.5, 0.6) is 0 Å². The van der Waals surface area contributed by atoms with Crippen molar-refractivity contribution < 1.29 is 23.0 Å². The van der Waals surface area contributed by atoms with E-state index in [4.69, 9.17) is 9.47 Å². The predicted molar refractivity (Wildman–Crippen MR) is 110 cm³/mol. The minimum Gasteiger partial charge on any atom is -0.381 e. The molecule has 0 saturated carbocycles. The lowest BCUT2D eigenvalue weighted by Crippen LogP contribution is -2.51. The molecule has 0 aliphatic carbocycles. The lowest BCUT2D eigenvalue weighted by molar-refractivity contribution is -0.138. The molecule has 0 bridgehead atoms. The van der Waals surface area contributed by atoms with E-state index >= 15 is 0 Å². The summed E-state index contributed by atoms with van der Waals surface area (Å²) < 4.78 is 38.0. The Bertz CT molecular complexity index is 890. The van der Waals surface area contributed by atoms with Gasteiger partial charge in [-0.3, -0.25) is 4.79 Å². The van der Waals surface area contributed by atoms with Gasteiger partial charge in [0.15, 0.2) is 11.6 Å². The van der Waals surface area contributed by atoms with Gasteiger partial charge in [0.2, 0.25) is 5.91 Å². The van der Waals surface area contributed by atoms with Crippen LogP contribution in [0.3, 0.4) is 0 Å². The summed E-state index contributed by atoms with van der Waals surface area (Å²) in [6.07, 6.45) is 3.78. The molecule has 4 nitrogen and oxygen atoms in total. The summed E-state index contributed by atoms with van der Waals surface area (Å²) in [5, 5.41) is 3.20. The van der Waals surface area contributed by atoms with E-state index in [-0.39, 0.29) is 11.9 Å². The first kappa shape index (κ1) is 20.9. The van der Waals surface area contributed by atoms with E-state index in [1.807, 2.05) is 24.3 Å². The maximum atomic E-state index is 13.7. The highest BCUT2D eigenvalue weighted by Gasteiger charge is 2.41. The first-order valence-corrected chi connectivity index (χ1v) is 10.6. The number of nitrogens with one attached hydrogen (secondary N) is 1. The Kier molecular flexibility index (Phi) is 6.44. The first-order valence-electron chi connectivity index (χ1n) is 10.6. The molecule has 1 N–H and O–H groups in total. The smallest absolute Gasteiger partial charge is 0.227 e. The summed E-state index contributed by atoms with van der Waals surface area (Å²) in [5.74, 6) is -1.67. The molecule has 2 saturated heterocycles. The highest BCUT2D eigenvalue weighted by molar-refractivity contribution is 5.83. The van der Waals surface area contributed by atoms with Gasteiger partial charge in [-0.15, -0.1) is 0 Å². The van der Waals surface area contributed by atoms with Crippen molar-refractivity contribution in [3.05, 3.63) is 59.7 Å². The van der Waals surface area contributed by atoms with E-state index in [1.165, 1.54) is 6.07 Å². The van der Waals surface area contributed by atoms with Gasteiger partial charge in [-0.2, -0.15) is 0 Å². The molecule has 2 heterocycles. The summed E-state index contributed by atoms with van der Waals surface area (Å²) >= 11 is 0. The number of ether oxygens (including phenoxy) is 2. The zero-order valence-electron chi connectivity index (χ0n) is 17.0. The van der Waals surface area contributed by atoms with E-state index in [9.17, 15) is 13.6 Å². The van der Waals surface area contributed by atoms with Crippen molar-refractivity contribution in [2.75, 3.05) is 26.4 Å². The van der Waals surface area contributed by atoms with Crippen LogP contribution in [0.25, 0.3) is 11.1 Å². The molecule has 6 heteroatoms. The standard InChI is InChI=1S/C24H27F2NO3/c25-21-7-6-19(14-22(21)26)18-4-1-3-17(13-18)15-24(8-11-29-12-9-24)23(28)27-20-5-2-10-30-16-20/h1,3-4,6-7,13-14,20H,2,5,8-12,15-16H2,(H,27,28)/t20-/m0/s1. The Hall–Kier alpha value is -2.31. The summed E-state index contributed by atoms with van der Waals surface area (Å²) in [4.78, 5) is 13.3.